The molecular weight excluding hydrogens is 853 g/mol. The van der Waals surface area contributed by atoms with Crippen LogP contribution in [0.25, 0.3) is 132 Å². The highest BCUT2D eigenvalue weighted by atomic mass is 16.4. The van der Waals surface area contributed by atoms with Gasteiger partial charge in [-0.3, -0.25) is 0 Å². The van der Waals surface area contributed by atoms with E-state index in [0.29, 0.717) is 32.9 Å². The van der Waals surface area contributed by atoms with E-state index in [1.807, 2.05) is 127 Å². The molecular formula is C63H36O6. The third-order valence-electron chi connectivity index (χ3n) is 13.4. The predicted octanol–water partition coefficient (Wildman–Crippen LogP) is 15.5. The molecule has 0 amide bonds. The monoisotopic (exact) mass is 888 g/mol. The molecule has 0 aliphatic rings. The summed E-state index contributed by atoms with van der Waals surface area (Å²) in [7, 11) is 0. The highest BCUT2D eigenvalue weighted by Gasteiger charge is 2.19. The lowest BCUT2D eigenvalue weighted by molar-refractivity contribution is 0.569. The third-order valence-corrected chi connectivity index (χ3v) is 13.4. The topological polar surface area (TPSA) is 90.6 Å². The normalized spacial score (nSPS) is 11.7. The minimum absolute atomic E-state index is 0.371. The van der Waals surface area contributed by atoms with Crippen LogP contribution in [0.4, 0.5) is 0 Å². The van der Waals surface area contributed by atoms with Crippen molar-refractivity contribution < 1.29 is 13.3 Å². The van der Waals surface area contributed by atoms with E-state index in [4.69, 9.17) is 13.3 Å². The summed E-state index contributed by atoms with van der Waals surface area (Å²) in [5, 5.41) is 6.67. The van der Waals surface area contributed by atoms with E-state index in [0.717, 1.165) is 99.1 Å². The van der Waals surface area contributed by atoms with Gasteiger partial charge in [-0.05, 0) is 140 Å². The fourth-order valence-electron chi connectivity index (χ4n) is 10.2. The summed E-state index contributed by atoms with van der Waals surface area (Å²) in [5.74, 6) is 0. The van der Waals surface area contributed by atoms with Crippen LogP contribution in [0.2, 0.25) is 0 Å². The molecule has 69 heavy (non-hydrogen) atoms. The van der Waals surface area contributed by atoms with Crippen molar-refractivity contribution >= 4 is 65.2 Å². The molecule has 6 heteroatoms. The number of hydrogen-bond donors (Lipinski definition) is 0. The van der Waals surface area contributed by atoms with Crippen LogP contribution in [0, 0.1) is 0 Å². The van der Waals surface area contributed by atoms with Gasteiger partial charge >= 0.3 is 16.9 Å². The van der Waals surface area contributed by atoms with Crippen molar-refractivity contribution in [3.05, 3.63) is 250 Å². The van der Waals surface area contributed by atoms with Gasteiger partial charge in [0.25, 0.3) is 0 Å². The van der Waals surface area contributed by atoms with E-state index in [-0.39, 0.29) is 16.9 Å². The fourth-order valence-corrected chi connectivity index (χ4v) is 10.2. The highest BCUT2D eigenvalue weighted by Crippen LogP contribution is 2.44. The molecule has 0 spiro atoms. The molecule has 0 saturated carbocycles. The Morgan fingerprint density at radius 2 is 0.449 bits per heavy atom. The molecule has 6 nitrogen and oxygen atoms in total. The van der Waals surface area contributed by atoms with Gasteiger partial charge in [-0.1, -0.05) is 146 Å². The SMILES string of the molecule is O=c1oc2ccccc2c2cc(-c3ccccc3-c3cc(-c4ccccc4-c4ccc5c(=O)oc6ccccc6c5c4)cc(-c4ccccc4-c4ccc5c(=O)oc6ccccc6c5c4)c3)ccc12. The summed E-state index contributed by atoms with van der Waals surface area (Å²) in [6.07, 6.45) is 0. The molecule has 13 rings (SSSR count). The summed E-state index contributed by atoms with van der Waals surface area (Å²) in [6, 6.07) is 72.7. The minimum atomic E-state index is -0.371. The first-order chi connectivity index (χ1) is 33.9. The first kappa shape index (κ1) is 39.9. The molecule has 0 radical (unpaired) electrons. The lowest BCUT2D eigenvalue weighted by Gasteiger charge is -2.18. The molecule has 10 aromatic carbocycles. The Balaban J connectivity index is 1.05. The van der Waals surface area contributed by atoms with Crippen molar-refractivity contribution in [3.8, 4) is 66.8 Å². The Bertz CT molecular complexity index is 3990. The summed E-state index contributed by atoms with van der Waals surface area (Å²) >= 11 is 0. The Hall–Kier alpha value is -9.39. The van der Waals surface area contributed by atoms with Crippen LogP contribution in [0.3, 0.4) is 0 Å². The quantitative estimate of drug-likeness (QED) is 0.122. The van der Waals surface area contributed by atoms with Gasteiger partial charge in [0.15, 0.2) is 0 Å². The molecule has 0 aliphatic heterocycles. The van der Waals surface area contributed by atoms with Crippen LogP contribution in [-0.2, 0) is 0 Å². The molecule has 324 valence electrons. The van der Waals surface area contributed by atoms with E-state index >= 15 is 0 Å². The van der Waals surface area contributed by atoms with E-state index in [9.17, 15) is 14.4 Å². The number of rotatable bonds is 6. The average molecular weight is 889 g/mol. The smallest absolute Gasteiger partial charge is 0.344 e. The van der Waals surface area contributed by atoms with Crippen LogP contribution in [-0.4, -0.2) is 0 Å². The third kappa shape index (κ3) is 6.69. The Labute approximate surface area is 393 Å². The molecule has 0 N–H and O–H groups in total. The zero-order valence-corrected chi connectivity index (χ0v) is 36.7. The van der Waals surface area contributed by atoms with Gasteiger partial charge in [0.2, 0.25) is 0 Å². The number of para-hydroxylation sites is 3. The van der Waals surface area contributed by atoms with Crippen LogP contribution < -0.4 is 16.9 Å². The van der Waals surface area contributed by atoms with Gasteiger partial charge in [-0.15, -0.1) is 0 Å². The van der Waals surface area contributed by atoms with E-state index in [2.05, 4.69) is 91.0 Å². The average Bonchev–Trinajstić information content (AvgIpc) is 3.40. The minimum Gasteiger partial charge on any atom is -0.422 e. The largest absolute Gasteiger partial charge is 0.422 e. The zero-order chi connectivity index (χ0) is 46.2. The van der Waals surface area contributed by atoms with Crippen molar-refractivity contribution in [2.45, 2.75) is 0 Å². The van der Waals surface area contributed by atoms with Gasteiger partial charge in [-0.25, -0.2) is 14.4 Å². The molecule has 3 aromatic heterocycles. The summed E-state index contributed by atoms with van der Waals surface area (Å²) in [4.78, 5) is 39.6. The van der Waals surface area contributed by atoms with Crippen LogP contribution in [0.1, 0.15) is 0 Å². The molecule has 0 saturated heterocycles. The van der Waals surface area contributed by atoms with Gasteiger partial charge < -0.3 is 13.3 Å². The molecule has 0 atom stereocenters. The lowest BCUT2D eigenvalue weighted by Crippen LogP contribution is -2.00. The molecule has 0 unspecified atom stereocenters. The van der Waals surface area contributed by atoms with Gasteiger partial charge in [0, 0.05) is 32.3 Å². The van der Waals surface area contributed by atoms with Crippen molar-refractivity contribution in [2.24, 2.45) is 0 Å². The molecule has 0 fully saturated rings. The van der Waals surface area contributed by atoms with E-state index in [1.54, 1.807) is 0 Å². The Morgan fingerprint density at radius 1 is 0.203 bits per heavy atom. The summed E-state index contributed by atoms with van der Waals surface area (Å²) in [5.41, 5.74) is 12.4. The van der Waals surface area contributed by atoms with Gasteiger partial charge in [-0.2, -0.15) is 0 Å². The van der Waals surface area contributed by atoms with Gasteiger partial charge in [0.05, 0.1) is 16.2 Å². The maximum absolute atomic E-state index is 13.2. The molecule has 0 bridgehead atoms. The molecule has 13 aromatic rings. The van der Waals surface area contributed by atoms with Crippen molar-refractivity contribution in [3.63, 3.8) is 0 Å². The van der Waals surface area contributed by atoms with Crippen LogP contribution >= 0.6 is 0 Å². The number of hydrogen-bond acceptors (Lipinski definition) is 6. The number of benzene rings is 10. The van der Waals surface area contributed by atoms with Crippen molar-refractivity contribution in [1.29, 1.82) is 0 Å². The molecule has 0 aliphatic carbocycles. The Kier molecular flexibility index (Phi) is 9.20. The highest BCUT2D eigenvalue weighted by molar-refractivity contribution is 6.09. The van der Waals surface area contributed by atoms with E-state index in [1.165, 1.54) is 0 Å². The first-order valence-corrected chi connectivity index (χ1v) is 22.7. The second-order valence-corrected chi connectivity index (χ2v) is 17.4. The van der Waals surface area contributed by atoms with Crippen molar-refractivity contribution in [2.75, 3.05) is 0 Å². The second-order valence-electron chi connectivity index (χ2n) is 17.4. The maximum Gasteiger partial charge on any atom is 0.344 e. The van der Waals surface area contributed by atoms with Crippen LogP contribution in [0.5, 0.6) is 0 Å². The standard InChI is InChI=1S/C63H36O6/c64-61-52-28-25-37(34-55(52)49-19-7-10-22-58(49)67-61)43-13-1-4-16-46(43)40-31-41(47-17-5-2-14-44(47)38-26-29-53-56(35-38)50-20-8-11-23-59(50)68-62(53)65)33-42(32-40)48-18-6-3-15-45(48)39-27-30-54-57(36-39)51-21-9-12-24-60(51)69-63(54)66/h1-36H. The summed E-state index contributed by atoms with van der Waals surface area (Å²) in [6.45, 7) is 0. The number of fused-ring (bicyclic) bond motifs is 9. The van der Waals surface area contributed by atoms with Crippen molar-refractivity contribution in [1.82, 2.24) is 0 Å². The molecule has 3 heterocycles. The van der Waals surface area contributed by atoms with Gasteiger partial charge in [0.1, 0.15) is 16.7 Å². The first-order valence-electron chi connectivity index (χ1n) is 22.7. The second kappa shape index (κ2) is 15.9. The lowest BCUT2D eigenvalue weighted by atomic mass is 9.85. The van der Waals surface area contributed by atoms with E-state index < -0.39 is 0 Å². The maximum atomic E-state index is 13.2. The fraction of sp³-hybridized carbons (Fsp3) is 0. The predicted molar refractivity (Wildman–Crippen MR) is 280 cm³/mol. The Morgan fingerprint density at radius 3 is 0.739 bits per heavy atom. The zero-order valence-electron chi connectivity index (χ0n) is 36.7. The van der Waals surface area contributed by atoms with Crippen LogP contribution in [0.15, 0.2) is 246 Å². The summed E-state index contributed by atoms with van der Waals surface area (Å²) < 4.78 is 17.1.